The Labute approximate surface area is 147 Å². The molecule has 5 heteroatoms. The molecule has 3 nitrogen and oxygen atoms in total. The van der Waals surface area contributed by atoms with Crippen LogP contribution in [0.3, 0.4) is 0 Å². The summed E-state index contributed by atoms with van der Waals surface area (Å²) in [5.41, 5.74) is 3.61. The number of hydrogen-bond acceptors (Lipinski definition) is 2. The van der Waals surface area contributed by atoms with E-state index < -0.39 is 0 Å². The van der Waals surface area contributed by atoms with E-state index in [0.29, 0.717) is 10.7 Å². The van der Waals surface area contributed by atoms with Gasteiger partial charge in [-0.2, -0.15) is 0 Å². The number of hydrogen-bond donors (Lipinski definition) is 2. The first-order valence-corrected chi connectivity index (χ1v) is 8.66. The van der Waals surface area contributed by atoms with Gasteiger partial charge >= 0.3 is 0 Å². The Morgan fingerprint density at radius 1 is 1.08 bits per heavy atom. The molecule has 2 aromatic rings. The maximum absolute atomic E-state index is 13.3. The zero-order chi connectivity index (χ0) is 16.9. The third-order valence-electron chi connectivity index (χ3n) is 4.21. The summed E-state index contributed by atoms with van der Waals surface area (Å²) >= 11 is 5.35. The standard InChI is InChI=1S/C19H22FN3S/c1-14-11-17(7-8-18(14)20)22-19(24)21-16-6-4-5-15(12-16)13-23-9-2-3-10-23/h4-8,11-12H,2-3,9-10,13H2,1H3,(H2,21,22,24). The first kappa shape index (κ1) is 16.9. The van der Waals surface area contributed by atoms with Gasteiger partial charge in [0.25, 0.3) is 0 Å². The van der Waals surface area contributed by atoms with Crippen molar-refractivity contribution in [2.24, 2.45) is 0 Å². The molecule has 0 atom stereocenters. The SMILES string of the molecule is Cc1cc(NC(=S)Nc2cccc(CN3CCCC3)c2)ccc1F. The van der Waals surface area contributed by atoms with Crippen molar-refractivity contribution in [2.75, 3.05) is 23.7 Å². The topological polar surface area (TPSA) is 27.3 Å². The van der Waals surface area contributed by atoms with Crippen molar-refractivity contribution in [2.45, 2.75) is 26.3 Å². The highest BCUT2D eigenvalue weighted by molar-refractivity contribution is 7.80. The molecule has 0 saturated carbocycles. The van der Waals surface area contributed by atoms with Gasteiger partial charge in [0.2, 0.25) is 0 Å². The minimum Gasteiger partial charge on any atom is -0.332 e. The Balaban J connectivity index is 1.60. The summed E-state index contributed by atoms with van der Waals surface area (Å²) in [5.74, 6) is -0.214. The van der Waals surface area contributed by atoms with Gasteiger partial charge < -0.3 is 10.6 Å². The van der Waals surface area contributed by atoms with Crippen LogP contribution < -0.4 is 10.6 Å². The van der Waals surface area contributed by atoms with Crippen LogP contribution in [0.2, 0.25) is 0 Å². The summed E-state index contributed by atoms with van der Waals surface area (Å²) in [5, 5.41) is 6.79. The molecule has 3 rings (SSSR count). The molecule has 1 aliphatic heterocycles. The third-order valence-corrected chi connectivity index (χ3v) is 4.41. The molecule has 0 spiro atoms. The van der Waals surface area contributed by atoms with Gasteiger partial charge in [-0.1, -0.05) is 12.1 Å². The van der Waals surface area contributed by atoms with E-state index in [-0.39, 0.29) is 5.82 Å². The van der Waals surface area contributed by atoms with Gasteiger partial charge in [-0.05, 0) is 86.5 Å². The number of anilines is 2. The van der Waals surface area contributed by atoms with E-state index in [9.17, 15) is 4.39 Å². The normalized spacial score (nSPS) is 14.6. The maximum Gasteiger partial charge on any atom is 0.175 e. The van der Waals surface area contributed by atoms with E-state index in [2.05, 4.69) is 27.7 Å². The zero-order valence-corrected chi connectivity index (χ0v) is 14.6. The molecular weight excluding hydrogens is 321 g/mol. The van der Waals surface area contributed by atoms with Crippen molar-refractivity contribution in [3.63, 3.8) is 0 Å². The number of halogens is 1. The maximum atomic E-state index is 13.3. The van der Waals surface area contributed by atoms with Crippen LogP contribution in [0.4, 0.5) is 15.8 Å². The van der Waals surface area contributed by atoms with Gasteiger partial charge in [0, 0.05) is 17.9 Å². The summed E-state index contributed by atoms with van der Waals surface area (Å²) < 4.78 is 13.3. The zero-order valence-electron chi connectivity index (χ0n) is 13.8. The average molecular weight is 343 g/mol. The first-order chi connectivity index (χ1) is 11.6. The second-order valence-electron chi connectivity index (χ2n) is 6.23. The molecule has 0 radical (unpaired) electrons. The Morgan fingerprint density at radius 2 is 1.79 bits per heavy atom. The van der Waals surface area contributed by atoms with E-state index in [1.165, 1.54) is 37.6 Å². The van der Waals surface area contributed by atoms with Crippen molar-refractivity contribution in [1.29, 1.82) is 0 Å². The van der Waals surface area contributed by atoms with Crippen LogP contribution in [0.15, 0.2) is 42.5 Å². The molecule has 1 fully saturated rings. The van der Waals surface area contributed by atoms with Gasteiger partial charge in [-0.15, -0.1) is 0 Å². The lowest BCUT2D eigenvalue weighted by molar-refractivity contribution is 0.331. The smallest absolute Gasteiger partial charge is 0.175 e. The Morgan fingerprint density at radius 3 is 2.50 bits per heavy atom. The second kappa shape index (κ2) is 7.73. The molecular formula is C19H22FN3S. The molecule has 1 heterocycles. The summed E-state index contributed by atoms with van der Waals surface area (Å²) in [6.45, 7) is 5.08. The molecule has 24 heavy (non-hydrogen) atoms. The molecule has 126 valence electrons. The fourth-order valence-electron chi connectivity index (χ4n) is 2.96. The molecule has 0 amide bonds. The lowest BCUT2D eigenvalue weighted by Crippen LogP contribution is -2.20. The number of benzene rings is 2. The summed E-state index contributed by atoms with van der Waals surface area (Å²) in [6, 6.07) is 13.2. The van der Waals surface area contributed by atoms with Crippen molar-refractivity contribution in [1.82, 2.24) is 4.90 Å². The number of thiocarbonyl (C=S) groups is 1. The fourth-order valence-corrected chi connectivity index (χ4v) is 3.20. The second-order valence-corrected chi connectivity index (χ2v) is 6.63. The molecule has 0 aliphatic carbocycles. The van der Waals surface area contributed by atoms with Gasteiger partial charge in [-0.3, -0.25) is 4.90 Å². The van der Waals surface area contributed by atoms with E-state index in [1.807, 2.05) is 12.1 Å². The van der Waals surface area contributed by atoms with Gasteiger partial charge in [0.1, 0.15) is 5.82 Å². The number of aryl methyl sites for hydroxylation is 1. The van der Waals surface area contributed by atoms with E-state index in [1.54, 1.807) is 19.1 Å². The lowest BCUT2D eigenvalue weighted by Gasteiger charge is -2.16. The Bertz CT molecular complexity index is 726. The minimum atomic E-state index is -0.214. The quantitative estimate of drug-likeness (QED) is 0.797. The van der Waals surface area contributed by atoms with Crippen LogP contribution in [-0.4, -0.2) is 23.1 Å². The van der Waals surface area contributed by atoms with Crippen LogP contribution in [0.25, 0.3) is 0 Å². The van der Waals surface area contributed by atoms with Crippen molar-refractivity contribution in [3.05, 3.63) is 59.4 Å². The van der Waals surface area contributed by atoms with Gasteiger partial charge in [0.15, 0.2) is 5.11 Å². The molecule has 2 N–H and O–H groups in total. The van der Waals surface area contributed by atoms with Gasteiger partial charge in [-0.25, -0.2) is 4.39 Å². The molecule has 2 aromatic carbocycles. The van der Waals surface area contributed by atoms with Crippen LogP contribution in [0.5, 0.6) is 0 Å². The Kier molecular flexibility index (Phi) is 5.43. The Hall–Kier alpha value is -1.98. The predicted octanol–water partition coefficient (Wildman–Crippen LogP) is 4.54. The lowest BCUT2D eigenvalue weighted by atomic mass is 10.2. The average Bonchev–Trinajstić information content (AvgIpc) is 3.04. The van der Waals surface area contributed by atoms with E-state index in [0.717, 1.165) is 17.9 Å². The van der Waals surface area contributed by atoms with E-state index in [4.69, 9.17) is 12.2 Å². The number of likely N-dealkylation sites (tertiary alicyclic amines) is 1. The number of nitrogens with one attached hydrogen (secondary N) is 2. The number of rotatable bonds is 4. The number of nitrogens with zero attached hydrogens (tertiary/aromatic N) is 1. The van der Waals surface area contributed by atoms with Crippen LogP contribution >= 0.6 is 12.2 Å². The van der Waals surface area contributed by atoms with E-state index >= 15 is 0 Å². The molecule has 0 bridgehead atoms. The van der Waals surface area contributed by atoms with Crippen LogP contribution in [-0.2, 0) is 6.54 Å². The highest BCUT2D eigenvalue weighted by Gasteiger charge is 2.11. The monoisotopic (exact) mass is 343 g/mol. The third kappa shape index (κ3) is 4.52. The van der Waals surface area contributed by atoms with Crippen molar-refractivity contribution >= 4 is 28.7 Å². The predicted molar refractivity (Wildman–Crippen MR) is 102 cm³/mol. The van der Waals surface area contributed by atoms with Crippen LogP contribution in [0.1, 0.15) is 24.0 Å². The van der Waals surface area contributed by atoms with Crippen molar-refractivity contribution in [3.8, 4) is 0 Å². The summed E-state index contributed by atoms with van der Waals surface area (Å²) in [4.78, 5) is 2.47. The highest BCUT2D eigenvalue weighted by Crippen LogP contribution is 2.17. The minimum absolute atomic E-state index is 0.214. The molecule has 0 unspecified atom stereocenters. The molecule has 1 aliphatic rings. The first-order valence-electron chi connectivity index (χ1n) is 8.25. The van der Waals surface area contributed by atoms with Gasteiger partial charge in [0.05, 0.1) is 0 Å². The summed E-state index contributed by atoms with van der Waals surface area (Å²) in [7, 11) is 0. The van der Waals surface area contributed by atoms with Crippen molar-refractivity contribution < 1.29 is 4.39 Å². The van der Waals surface area contributed by atoms with Crippen LogP contribution in [0, 0.1) is 12.7 Å². The fraction of sp³-hybridized carbons (Fsp3) is 0.316. The largest absolute Gasteiger partial charge is 0.332 e. The molecule has 0 aromatic heterocycles. The highest BCUT2D eigenvalue weighted by atomic mass is 32.1. The molecule has 1 saturated heterocycles. The summed E-state index contributed by atoms with van der Waals surface area (Å²) in [6.07, 6.45) is 2.59.